The van der Waals surface area contributed by atoms with Gasteiger partial charge < -0.3 is 15.6 Å². The van der Waals surface area contributed by atoms with E-state index in [1.165, 1.54) is 6.42 Å². The number of carbonyl (C=O) groups is 1. The maximum absolute atomic E-state index is 12.9. The summed E-state index contributed by atoms with van der Waals surface area (Å²) >= 11 is 0. The minimum Gasteiger partial charge on any atom is -0.345 e. The van der Waals surface area contributed by atoms with Gasteiger partial charge in [0.2, 0.25) is 5.91 Å². The van der Waals surface area contributed by atoms with Crippen LogP contribution in [-0.4, -0.2) is 29.0 Å². The monoisotopic (exact) mass is 356 g/mol. The molecule has 1 aromatic heterocycles. The predicted octanol–water partition coefficient (Wildman–Crippen LogP) is 3.12. The first-order chi connectivity index (χ1) is 10.3. The van der Waals surface area contributed by atoms with E-state index in [0.717, 1.165) is 49.1 Å². The van der Waals surface area contributed by atoms with Crippen LogP contribution in [0.25, 0.3) is 11.0 Å². The SMILES string of the molecule is Cl.Cl.O=C(Nc1cccc2[nH]cnc12)[C@@]12CCCC[C@H]1CNC2. The van der Waals surface area contributed by atoms with Crippen molar-refractivity contribution in [2.75, 3.05) is 18.4 Å². The molecule has 2 heterocycles. The number of para-hydroxylation sites is 1. The highest BCUT2D eigenvalue weighted by molar-refractivity contribution is 6.02. The average Bonchev–Trinajstić information content (AvgIpc) is 3.14. The van der Waals surface area contributed by atoms with E-state index in [2.05, 4.69) is 20.6 Å². The predicted molar refractivity (Wildman–Crippen MR) is 96.5 cm³/mol. The largest absolute Gasteiger partial charge is 0.345 e. The molecule has 1 aromatic carbocycles. The topological polar surface area (TPSA) is 69.8 Å². The molecule has 4 rings (SSSR count). The maximum atomic E-state index is 12.9. The number of H-pyrrole nitrogens is 1. The van der Waals surface area contributed by atoms with Crippen LogP contribution in [0, 0.1) is 11.3 Å². The van der Waals surface area contributed by atoms with E-state index < -0.39 is 0 Å². The molecule has 1 saturated carbocycles. The standard InChI is InChI=1S/C16H20N4O.2ClH/c21-15(16-7-2-1-4-11(16)8-17-9-16)20-13-6-3-5-12-14(13)19-10-18-12;;/h3,5-6,10-11,17H,1-2,4,7-9H2,(H,18,19)(H,20,21);2*1H/t11-,16+;;/m0../s1. The molecule has 1 aliphatic carbocycles. The van der Waals surface area contributed by atoms with Crippen molar-refractivity contribution >= 4 is 47.4 Å². The molecule has 2 aliphatic rings. The lowest BCUT2D eigenvalue weighted by Crippen LogP contribution is -2.44. The van der Waals surface area contributed by atoms with Crippen molar-refractivity contribution in [1.82, 2.24) is 15.3 Å². The van der Waals surface area contributed by atoms with E-state index in [4.69, 9.17) is 0 Å². The summed E-state index contributed by atoms with van der Waals surface area (Å²) in [5, 5.41) is 6.56. The van der Waals surface area contributed by atoms with E-state index in [9.17, 15) is 4.79 Å². The number of aromatic amines is 1. The number of carbonyl (C=O) groups excluding carboxylic acids is 1. The second-order valence-corrected chi connectivity index (χ2v) is 6.29. The molecule has 0 radical (unpaired) electrons. The smallest absolute Gasteiger partial charge is 0.232 e. The van der Waals surface area contributed by atoms with Gasteiger partial charge in [-0.3, -0.25) is 4.79 Å². The first-order valence-corrected chi connectivity index (χ1v) is 7.74. The van der Waals surface area contributed by atoms with Gasteiger partial charge in [0.15, 0.2) is 0 Å². The molecule has 1 saturated heterocycles. The highest BCUT2D eigenvalue weighted by Gasteiger charge is 2.49. The number of nitrogens with zero attached hydrogens (tertiary/aromatic N) is 1. The Kier molecular flexibility index (Phi) is 5.55. The summed E-state index contributed by atoms with van der Waals surface area (Å²) in [5.74, 6) is 0.636. The number of hydrogen-bond donors (Lipinski definition) is 3. The van der Waals surface area contributed by atoms with Crippen molar-refractivity contribution in [1.29, 1.82) is 0 Å². The zero-order chi connectivity index (χ0) is 14.3. The van der Waals surface area contributed by atoms with Crippen LogP contribution >= 0.6 is 24.8 Å². The van der Waals surface area contributed by atoms with E-state index in [-0.39, 0.29) is 36.1 Å². The molecule has 23 heavy (non-hydrogen) atoms. The summed E-state index contributed by atoms with van der Waals surface area (Å²) < 4.78 is 0. The summed E-state index contributed by atoms with van der Waals surface area (Å²) in [6, 6.07) is 5.84. The third-order valence-corrected chi connectivity index (χ3v) is 5.19. The molecule has 3 N–H and O–H groups in total. The lowest BCUT2D eigenvalue weighted by atomic mass is 9.67. The fraction of sp³-hybridized carbons (Fsp3) is 0.500. The maximum Gasteiger partial charge on any atom is 0.232 e. The van der Waals surface area contributed by atoms with Gasteiger partial charge in [-0.2, -0.15) is 0 Å². The summed E-state index contributed by atoms with van der Waals surface area (Å²) in [5.41, 5.74) is 2.37. The number of anilines is 1. The molecule has 1 aliphatic heterocycles. The molecular weight excluding hydrogens is 335 g/mol. The molecule has 0 bridgehead atoms. The van der Waals surface area contributed by atoms with Gasteiger partial charge in [0.25, 0.3) is 0 Å². The van der Waals surface area contributed by atoms with Crippen molar-refractivity contribution in [3.8, 4) is 0 Å². The fourth-order valence-electron chi connectivity index (χ4n) is 4.00. The van der Waals surface area contributed by atoms with Crippen LogP contribution < -0.4 is 10.6 Å². The number of halogens is 2. The first kappa shape index (κ1) is 18.0. The lowest BCUT2D eigenvalue weighted by Gasteiger charge is -2.37. The van der Waals surface area contributed by atoms with Crippen LogP contribution in [0.4, 0.5) is 5.69 Å². The second kappa shape index (κ2) is 7.07. The Morgan fingerprint density at radius 3 is 3.04 bits per heavy atom. The van der Waals surface area contributed by atoms with Crippen molar-refractivity contribution in [3.63, 3.8) is 0 Å². The molecule has 5 nitrogen and oxygen atoms in total. The molecule has 0 unspecified atom stereocenters. The van der Waals surface area contributed by atoms with Crippen LogP contribution in [0.3, 0.4) is 0 Å². The Labute approximate surface area is 147 Å². The molecular formula is C16H22Cl2N4O. The van der Waals surface area contributed by atoms with Crippen molar-refractivity contribution in [3.05, 3.63) is 24.5 Å². The highest BCUT2D eigenvalue weighted by Crippen LogP contribution is 2.44. The number of aromatic nitrogens is 2. The van der Waals surface area contributed by atoms with Gasteiger partial charge in [0.1, 0.15) is 5.52 Å². The second-order valence-electron chi connectivity index (χ2n) is 6.29. The Balaban J connectivity index is 0.000000960. The van der Waals surface area contributed by atoms with Crippen LogP contribution in [-0.2, 0) is 4.79 Å². The molecule has 0 spiro atoms. The Morgan fingerprint density at radius 1 is 1.30 bits per heavy atom. The van der Waals surface area contributed by atoms with E-state index in [0.29, 0.717) is 5.92 Å². The van der Waals surface area contributed by atoms with Gasteiger partial charge in [0.05, 0.1) is 22.9 Å². The van der Waals surface area contributed by atoms with E-state index >= 15 is 0 Å². The lowest BCUT2D eigenvalue weighted by molar-refractivity contribution is -0.128. The first-order valence-electron chi connectivity index (χ1n) is 7.74. The minimum absolute atomic E-state index is 0. The summed E-state index contributed by atoms with van der Waals surface area (Å²) in [6.07, 6.45) is 6.22. The van der Waals surface area contributed by atoms with Crippen molar-refractivity contribution < 1.29 is 4.79 Å². The van der Waals surface area contributed by atoms with E-state index in [1.54, 1.807) is 6.33 Å². The zero-order valence-electron chi connectivity index (χ0n) is 12.8. The average molecular weight is 357 g/mol. The Hall–Kier alpha value is -1.30. The van der Waals surface area contributed by atoms with Crippen molar-refractivity contribution in [2.24, 2.45) is 11.3 Å². The molecule has 2 aromatic rings. The van der Waals surface area contributed by atoms with Gasteiger partial charge in [-0.15, -0.1) is 24.8 Å². The Morgan fingerprint density at radius 2 is 2.17 bits per heavy atom. The van der Waals surface area contributed by atoms with Gasteiger partial charge in [-0.05, 0) is 37.4 Å². The number of fused-ring (bicyclic) bond motifs is 2. The summed E-state index contributed by atoms with van der Waals surface area (Å²) in [6.45, 7) is 1.78. The molecule has 2 atom stereocenters. The number of amides is 1. The molecule has 1 amide bonds. The van der Waals surface area contributed by atoms with Gasteiger partial charge in [-0.1, -0.05) is 18.9 Å². The number of rotatable bonds is 2. The molecule has 2 fully saturated rings. The third-order valence-electron chi connectivity index (χ3n) is 5.19. The van der Waals surface area contributed by atoms with Crippen LogP contribution in [0.2, 0.25) is 0 Å². The highest BCUT2D eigenvalue weighted by atomic mass is 35.5. The number of benzene rings is 1. The minimum atomic E-state index is -0.225. The summed E-state index contributed by atoms with van der Waals surface area (Å²) in [4.78, 5) is 20.3. The number of imidazole rings is 1. The quantitative estimate of drug-likeness (QED) is 0.774. The van der Waals surface area contributed by atoms with Crippen LogP contribution in [0.1, 0.15) is 25.7 Å². The van der Waals surface area contributed by atoms with Gasteiger partial charge in [0, 0.05) is 6.54 Å². The van der Waals surface area contributed by atoms with Gasteiger partial charge >= 0.3 is 0 Å². The van der Waals surface area contributed by atoms with Gasteiger partial charge in [-0.25, -0.2) is 4.98 Å². The number of hydrogen-bond acceptors (Lipinski definition) is 3. The van der Waals surface area contributed by atoms with Crippen LogP contribution in [0.15, 0.2) is 24.5 Å². The Bertz CT molecular complexity index is 690. The van der Waals surface area contributed by atoms with E-state index in [1.807, 2.05) is 18.2 Å². The summed E-state index contributed by atoms with van der Waals surface area (Å²) in [7, 11) is 0. The number of nitrogens with one attached hydrogen (secondary N) is 3. The molecule has 126 valence electrons. The third kappa shape index (κ3) is 2.93. The normalized spacial score (nSPS) is 26.0. The molecule has 7 heteroatoms. The van der Waals surface area contributed by atoms with Crippen LogP contribution in [0.5, 0.6) is 0 Å². The fourth-order valence-corrected chi connectivity index (χ4v) is 4.00. The van der Waals surface area contributed by atoms with Crippen molar-refractivity contribution in [2.45, 2.75) is 25.7 Å². The zero-order valence-corrected chi connectivity index (χ0v) is 14.4.